The first-order chi connectivity index (χ1) is 8.36. The zero-order valence-electron chi connectivity index (χ0n) is 9.99. The minimum Gasteiger partial charge on any atom is -0.479 e. The van der Waals surface area contributed by atoms with E-state index in [0.29, 0.717) is 0 Å². The fraction of sp³-hybridized carbons (Fsp3) is 0.357. The highest BCUT2D eigenvalue weighted by Gasteiger charge is 1.94. The Hall–Kier alpha value is -1.97. The lowest BCUT2D eigenvalue weighted by molar-refractivity contribution is 0.368. The average molecular weight is 228 g/mol. The van der Waals surface area contributed by atoms with Crippen molar-refractivity contribution < 1.29 is 4.74 Å². The zero-order valence-corrected chi connectivity index (χ0v) is 9.99. The van der Waals surface area contributed by atoms with Crippen LogP contribution in [0, 0.1) is 23.2 Å². The Bertz CT molecular complexity index is 420. The van der Waals surface area contributed by atoms with Gasteiger partial charge in [0.1, 0.15) is 11.8 Å². The first-order valence-corrected chi connectivity index (χ1v) is 5.56. The topological polar surface area (TPSA) is 45.0 Å². The van der Waals surface area contributed by atoms with Crippen molar-refractivity contribution in [2.24, 2.45) is 0 Å². The molecule has 1 aromatic rings. The molecule has 0 heterocycles. The lowest BCUT2D eigenvalue weighted by Crippen LogP contribution is -2.14. The second kappa shape index (κ2) is 8.21. The molecule has 0 aliphatic carbocycles. The van der Waals surface area contributed by atoms with Crippen LogP contribution in [0.2, 0.25) is 0 Å². The van der Waals surface area contributed by atoms with E-state index in [1.54, 1.807) is 0 Å². The summed E-state index contributed by atoms with van der Waals surface area (Å²) in [6.45, 7) is 3.66. The fourth-order valence-electron chi connectivity index (χ4n) is 1.33. The van der Waals surface area contributed by atoms with Crippen LogP contribution in [-0.2, 0) is 6.54 Å². The minimum atomic E-state index is 0.0906. The second-order valence-electron chi connectivity index (χ2n) is 3.44. The molecule has 1 aromatic carbocycles. The van der Waals surface area contributed by atoms with Crippen molar-refractivity contribution in [3.8, 4) is 23.7 Å². The predicted octanol–water partition coefficient (Wildman–Crippen LogP) is 2.09. The smallest absolute Gasteiger partial charge is 0.174 e. The first kappa shape index (κ1) is 13.1. The highest BCUT2D eigenvalue weighted by molar-refractivity contribution is 5.27. The van der Waals surface area contributed by atoms with Gasteiger partial charge >= 0.3 is 0 Å². The van der Waals surface area contributed by atoms with Crippen molar-refractivity contribution in [1.82, 2.24) is 5.32 Å². The van der Waals surface area contributed by atoms with Gasteiger partial charge in [0.2, 0.25) is 0 Å². The van der Waals surface area contributed by atoms with Crippen LogP contribution >= 0.6 is 0 Å². The maximum Gasteiger partial charge on any atom is 0.174 e. The van der Waals surface area contributed by atoms with Gasteiger partial charge in [0.15, 0.2) is 6.61 Å². The predicted molar refractivity (Wildman–Crippen MR) is 67.3 cm³/mol. The van der Waals surface area contributed by atoms with Crippen LogP contribution in [0.25, 0.3) is 0 Å². The molecule has 0 spiro atoms. The Balaban J connectivity index is 2.29. The van der Waals surface area contributed by atoms with E-state index in [1.165, 1.54) is 5.56 Å². The van der Waals surface area contributed by atoms with E-state index in [9.17, 15) is 0 Å². The summed E-state index contributed by atoms with van der Waals surface area (Å²) in [6.07, 6.45) is 0.875. The summed E-state index contributed by atoms with van der Waals surface area (Å²) < 4.78 is 5.17. The number of nitrogens with zero attached hydrogens (tertiary/aromatic N) is 1. The van der Waals surface area contributed by atoms with Crippen LogP contribution in [0.15, 0.2) is 24.3 Å². The maximum atomic E-state index is 8.37. The Morgan fingerprint density at radius 1 is 1.29 bits per heavy atom. The van der Waals surface area contributed by atoms with E-state index in [-0.39, 0.29) is 6.61 Å². The molecule has 3 heteroatoms. The molecule has 0 fully saturated rings. The van der Waals surface area contributed by atoms with Crippen molar-refractivity contribution in [2.75, 3.05) is 13.2 Å². The Morgan fingerprint density at radius 2 is 2.06 bits per heavy atom. The van der Waals surface area contributed by atoms with Crippen molar-refractivity contribution in [3.63, 3.8) is 0 Å². The summed E-state index contributed by atoms with van der Waals surface area (Å²) in [6, 6.07) is 9.67. The Labute approximate surface area is 102 Å². The SMILES string of the molecule is CC#CCCNCc1ccc(OCC#N)cc1. The van der Waals surface area contributed by atoms with E-state index in [2.05, 4.69) is 17.2 Å². The maximum absolute atomic E-state index is 8.37. The molecular formula is C14H16N2O. The molecule has 0 aliphatic heterocycles. The lowest BCUT2D eigenvalue weighted by atomic mass is 10.2. The van der Waals surface area contributed by atoms with Crippen LogP contribution in [0.3, 0.4) is 0 Å². The number of benzene rings is 1. The molecule has 88 valence electrons. The summed E-state index contributed by atoms with van der Waals surface area (Å²) in [5.74, 6) is 6.59. The number of ether oxygens (including phenoxy) is 1. The molecule has 0 amide bonds. The molecule has 0 saturated heterocycles. The number of rotatable bonds is 6. The highest BCUT2D eigenvalue weighted by atomic mass is 16.5. The lowest BCUT2D eigenvalue weighted by Gasteiger charge is -2.05. The van der Waals surface area contributed by atoms with E-state index >= 15 is 0 Å². The molecule has 0 unspecified atom stereocenters. The highest BCUT2D eigenvalue weighted by Crippen LogP contribution is 2.11. The van der Waals surface area contributed by atoms with Crippen LogP contribution in [0.5, 0.6) is 5.75 Å². The van der Waals surface area contributed by atoms with E-state index in [4.69, 9.17) is 10.00 Å². The van der Waals surface area contributed by atoms with Crippen LogP contribution in [0.1, 0.15) is 18.9 Å². The standard InChI is InChI=1S/C14H16N2O/c1-2-3-4-10-16-12-13-5-7-14(8-6-13)17-11-9-15/h5-8,16H,4,10-12H2,1H3. The molecular weight excluding hydrogens is 212 g/mol. The molecule has 0 bridgehead atoms. The number of nitrogens with one attached hydrogen (secondary N) is 1. The van der Waals surface area contributed by atoms with Gasteiger partial charge in [-0.1, -0.05) is 12.1 Å². The summed E-state index contributed by atoms with van der Waals surface area (Å²) in [5.41, 5.74) is 1.19. The molecule has 1 N–H and O–H groups in total. The Morgan fingerprint density at radius 3 is 2.71 bits per heavy atom. The third kappa shape index (κ3) is 5.61. The summed E-state index contributed by atoms with van der Waals surface area (Å²) >= 11 is 0. The largest absolute Gasteiger partial charge is 0.479 e. The molecule has 0 aromatic heterocycles. The first-order valence-electron chi connectivity index (χ1n) is 5.56. The summed E-state index contributed by atoms with van der Waals surface area (Å²) in [7, 11) is 0. The molecule has 1 rings (SSSR count). The molecule has 0 atom stereocenters. The van der Waals surface area contributed by atoms with Gasteiger partial charge in [-0.3, -0.25) is 0 Å². The van der Waals surface area contributed by atoms with Gasteiger partial charge in [-0.15, -0.1) is 11.8 Å². The third-order valence-electron chi connectivity index (χ3n) is 2.16. The van der Waals surface area contributed by atoms with Gasteiger partial charge < -0.3 is 10.1 Å². The van der Waals surface area contributed by atoms with Crippen molar-refractivity contribution in [1.29, 1.82) is 5.26 Å². The fourth-order valence-corrected chi connectivity index (χ4v) is 1.33. The number of hydrogen-bond acceptors (Lipinski definition) is 3. The summed E-state index contributed by atoms with van der Waals surface area (Å²) in [4.78, 5) is 0. The van der Waals surface area contributed by atoms with E-state index in [1.807, 2.05) is 37.3 Å². The quantitative estimate of drug-likeness (QED) is 0.599. The second-order valence-corrected chi connectivity index (χ2v) is 3.44. The van der Waals surface area contributed by atoms with Crippen LogP contribution < -0.4 is 10.1 Å². The molecule has 0 saturated carbocycles. The van der Waals surface area contributed by atoms with Crippen molar-refractivity contribution in [2.45, 2.75) is 19.9 Å². The van der Waals surface area contributed by atoms with Crippen LogP contribution in [-0.4, -0.2) is 13.2 Å². The third-order valence-corrected chi connectivity index (χ3v) is 2.16. The van der Waals surface area contributed by atoms with E-state index < -0.39 is 0 Å². The van der Waals surface area contributed by atoms with Crippen molar-refractivity contribution in [3.05, 3.63) is 29.8 Å². The molecule has 17 heavy (non-hydrogen) atoms. The average Bonchev–Trinajstić information content (AvgIpc) is 2.37. The van der Waals surface area contributed by atoms with Gasteiger partial charge in [-0.2, -0.15) is 5.26 Å². The monoisotopic (exact) mass is 228 g/mol. The van der Waals surface area contributed by atoms with Gasteiger partial charge in [0, 0.05) is 19.5 Å². The Kier molecular flexibility index (Phi) is 6.33. The molecule has 0 aliphatic rings. The molecule has 0 radical (unpaired) electrons. The van der Waals surface area contributed by atoms with Gasteiger partial charge in [-0.05, 0) is 24.6 Å². The molecule has 3 nitrogen and oxygen atoms in total. The van der Waals surface area contributed by atoms with Gasteiger partial charge in [-0.25, -0.2) is 0 Å². The minimum absolute atomic E-state index is 0.0906. The number of nitriles is 1. The van der Waals surface area contributed by atoms with Crippen LogP contribution in [0.4, 0.5) is 0 Å². The van der Waals surface area contributed by atoms with Gasteiger partial charge in [0.25, 0.3) is 0 Å². The van der Waals surface area contributed by atoms with Gasteiger partial charge in [0.05, 0.1) is 0 Å². The summed E-state index contributed by atoms with van der Waals surface area (Å²) in [5, 5.41) is 11.7. The normalized spacial score (nSPS) is 8.94. The zero-order chi connectivity index (χ0) is 12.3. The van der Waals surface area contributed by atoms with Crippen molar-refractivity contribution >= 4 is 0 Å². The number of hydrogen-bond donors (Lipinski definition) is 1. The van der Waals surface area contributed by atoms with E-state index in [0.717, 1.165) is 25.3 Å².